The van der Waals surface area contributed by atoms with Crippen molar-refractivity contribution >= 4 is 93.0 Å². The van der Waals surface area contributed by atoms with Crippen LogP contribution in [0.3, 0.4) is 0 Å². The third kappa shape index (κ3) is 20.2. The lowest BCUT2D eigenvalue weighted by Crippen LogP contribution is -1.97. The van der Waals surface area contributed by atoms with Crippen LogP contribution >= 0.6 is 82.0 Å². The Labute approximate surface area is 305 Å². The molecule has 0 bridgehead atoms. The van der Waals surface area contributed by atoms with E-state index in [1.165, 1.54) is 70.4 Å². The molecule has 0 heterocycles. The van der Waals surface area contributed by atoms with Crippen molar-refractivity contribution in [3.05, 3.63) is 99.9 Å². The third-order valence-corrected chi connectivity index (χ3v) is 10.3. The predicted octanol–water partition coefficient (Wildman–Crippen LogP) is 12.1. The highest BCUT2D eigenvalue weighted by Gasteiger charge is 2.03. The maximum atomic E-state index is 10.8. The molecule has 3 nitrogen and oxygen atoms in total. The van der Waals surface area contributed by atoms with E-state index in [-0.39, 0.29) is 18.5 Å². The summed E-state index contributed by atoms with van der Waals surface area (Å²) in [5, 5.41) is -0.361. The Morgan fingerprint density at radius 2 is 1.02 bits per heavy atom. The summed E-state index contributed by atoms with van der Waals surface area (Å²) in [6.45, 7) is 16.1. The first-order chi connectivity index (χ1) is 19.9. The number of nitrogens with two attached hydrogens (primary N) is 1. The Hall–Kier alpha value is -0.650. The van der Waals surface area contributed by atoms with Gasteiger partial charge in [0.2, 0.25) is 5.24 Å². The SMILES string of the molecule is C.CC(=O)CCc1cc(C)c(Br)c(C)c1.CC(=O)Cl.Cc1cc(CI)cc(C)c1Br.Cc1cc(CN)cc(C)c1Br.[2H]CF. The Morgan fingerprint density at radius 1 is 0.767 bits per heavy atom. The fourth-order valence-corrected chi connectivity index (χ4v) is 4.89. The van der Waals surface area contributed by atoms with Gasteiger partial charge in [0.1, 0.15) is 5.78 Å². The maximum absolute atomic E-state index is 10.8. The normalized spacial score (nSPS) is 9.60. The molecule has 0 atom stereocenters. The quantitative estimate of drug-likeness (QED) is 0.158. The molecule has 242 valence electrons. The second-order valence-electron chi connectivity index (χ2n) is 9.64. The molecule has 0 amide bonds. The summed E-state index contributed by atoms with van der Waals surface area (Å²) in [5.41, 5.74) is 17.0. The molecule has 9 heteroatoms. The standard InChI is InChI=1S/C12H15BrO.C9H10BrI.C9H12BrN.C2H3ClO.CH3F.CH4/c1-8-6-11(5-4-10(3)14)7-9(2)12(8)13;2*1-6-3-8(5-11)4-7(2)9(6)10;1-2(3)4;1-2;/h6-7H,4-5H2,1-3H3;3-4H,5H2,1-2H3;3-4H,5,11H2,1-2H3;1H3;1H3;1H4/i;;;;1D;. The van der Waals surface area contributed by atoms with E-state index in [0.29, 0.717) is 13.0 Å². The van der Waals surface area contributed by atoms with Crippen molar-refractivity contribution in [3.63, 3.8) is 0 Å². The van der Waals surface area contributed by atoms with E-state index < -0.39 is 7.15 Å². The Morgan fingerprint density at radius 3 is 1.26 bits per heavy atom. The Bertz CT molecular complexity index is 1200. The summed E-state index contributed by atoms with van der Waals surface area (Å²) in [6.07, 6.45) is 1.49. The van der Waals surface area contributed by atoms with Crippen molar-refractivity contribution in [3.8, 4) is 0 Å². The molecule has 0 aliphatic heterocycles. The summed E-state index contributed by atoms with van der Waals surface area (Å²) in [4.78, 5) is 20.1. The summed E-state index contributed by atoms with van der Waals surface area (Å²) in [7, 11) is -1.00. The second-order valence-corrected chi connectivity index (χ2v) is 13.3. The van der Waals surface area contributed by atoms with Crippen LogP contribution in [0.2, 0.25) is 0 Å². The number of halogens is 6. The van der Waals surface area contributed by atoms with Crippen LogP contribution in [0.1, 0.15) is 79.1 Å². The highest BCUT2D eigenvalue weighted by molar-refractivity contribution is 14.1. The van der Waals surface area contributed by atoms with Crippen LogP contribution in [0, 0.1) is 41.5 Å². The van der Waals surface area contributed by atoms with E-state index >= 15 is 0 Å². The van der Waals surface area contributed by atoms with Crippen LogP contribution in [0.15, 0.2) is 49.8 Å². The fourth-order valence-electron chi connectivity index (χ4n) is 3.77. The summed E-state index contributed by atoms with van der Waals surface area (Å²) < 4.78 is 20.2. The predicted molar refractivity (Wildman–Crippen MR) is 206 cm³/mol. The van der Waals surface area contributed by atoms with Crippen LogP contribution in [0.25, 0.3) is 0 Å². The average molecular weight is 924 g/mol. The number of benzene rings is 3. The van der Waals surface area contributed by atoms with E-state index in [4.69, 9.17) is 7.10 Å². The monoisotopic (exact) mass is 920 g/mol. The van der Waals surface area contributed by atoms with E-state index in [1.807, 2.05) is 0 Å². The van der Waals surface area contributed by atoms with E-state index in [0.717, 1.165) is 10.8 Å². The molecule has 3 aromatic carbocycles. The van der Waals surface area contributed by atoms with Crippen LogP contribution < -0.4 is 5.73 Å². The van der Waals surface area contributed by atoms with Crippen molar-refractivity contribution < 1.29 is 15.4 Å². The molecule has 0 fully saturated rings. The smallest absolute Gasteiger partial charge is 0.218 e. The number of alkyl halides is 2. The third-order valence-electron chi connectivity index (χ3n) is 5.64. The van der Waals surface area contributed by atoms with Crippen LogP contribution in [-0.2, 0) is 27.0 Å². The molecule has 0 aromatic heterocycles. The van der Waals surface area contributed by atoms with Crippen LogP contribution in [0.5, 0.6) is 0 Å². The molecule has 0 spiro atoms. The molecule has 0 aliphatic carbocycles. The molecule has 0 saturated heterocycles. The van der Waals surface area contributed by atoms with E-state index in [1.54, 1.807) is 6.92 Å². The minimum absolute atomic E-state index is 0. The molecular weight excluding hydrogens is 875 g/mol. The van der Waals surface area contributed by atoms with Gasteiger partial charge in [-0.25, -0.2) is 0 Å². The van der Waals surface area contributed by atoms with Crippen molar-refractivity contribution in [2.45, 2.75) is 86.6 Å². The minimum atomic E-state index is -1.00. The van der Waals surface area contributed by atoms with Crippen molar-refractivity contribution in [1.82, 2.24) is 0 Å². The lowest BCUT2D eigenvalue weighted by Gasteiger charge is -2.06. The van der Waals surface area contributed by atoms with E-state index in [9.17, 15) is 14.0 Å². The van der Waals surface area contributed by atoms with Gasteiger partial charge in [-0.1, -0.05) is 114 Å². The molecule has 2 N–H and O–H groups in total. The van der Waals surface area contributed by atoms with Gasteiger partial charge < -0.3 is 10.5 Å². The first-order valence-corrected chi connectivity index (χ1v) is 17.3. The van der Waals surface area contributed by atoms with E-state index in [2.05, 4.69) is 160 Å². The highest BCUT2D eigenvalue weighted by Crippen LogP contribution is 2.24. The maximum Gasteiger partial charge on any atom is 0.218 e. The van der Waals surface area contributed by atoms with Crippen molar-refractivity contribution in [2.75, 3.05) is 7.15 Å². The molecule has 3 aromatic rings. The Kier molecular flexibility index (Phi) is 26.4. The minimum Gasteiger partial charge on any atom is -0.326 e. The van der Waals surface area contributed by atoms with Crippen molar-refractivity contribution in [1.29, 1.82) is 0 Å². The van der Waals surface area contributed by atoms with Gasteiger partial charge in [-0.3, -0.25) is 9.18 Å². The zero-order valence-corrected chi connectivity index (χ0v) is 33.3. The summed E-state index contributed by atoms with van der Waals surface area (Å²) in [5.74, 6) is 0.253. The number of aryl methyl sites for hydroxylation is 7. The molecular formula is C34H47Br3ClFINO2. The molecule has 0 unspecified atom stereocenters. The molecule has 0 saturated carbocycles. The zero-order valence-electron chi connectivity index (χ0n) is 26.7. The summed E-state index contributed by atoms with van der Waals surface area (Å²) in [6, 6.07) is 12.9. The number of rotatable bonds is 5. The number of carbonyl (C=O) groups excluding carboxylic acids is 2. The first kappa shape index (κ1) is 44.5. The molecule has 43 heavy (non-hydrogen) atoms. The molecule has 3 rings (SSSR count). The number of carbonyl (C=O) groups is 2. The van der Waals surface area contributed by atoms with Crippen LogP contribution in [-0.4, -0.2) is 18.2 Å². The van der Waals surface area contributed by atoms with Gasteiger partial charge in [-0.05, 0) is 117 Å². The van der Waals surface area contributed by atoms with Gasteiger partial charge in [0.25, 0.3) is 0 Å². The largest absolute Gasteiger partial charge is 0.326 e. The van der Waals surface area contributed by atoms with Crippen LogP contribution in [0.4, 0.5) is 4.39 Å². The van der Waals surface area contributed by atoms with Gasteiger partial charge in [0.15, 0.2) is 0 Å². The molecule has 0 aliphatic rings. The Balaban J connectivity index is -0.000000515. The number of hydrogen-bond acceptors (Lipinski definition) is 3. The zero-order chi connectivity index (χ0) is 33.9. The average Bonchev–Trinajstić information content (AvgIpc) is 2.92. The summed E-state index contributed by atoms with van der Waals surface area (Å²) >= 11 is 17.6. The van der Waals surface area contributed by atoms with Gasteiger partial charge in [-0.2, -0.15) is 0 Å². The number of Topliss-reactive ketones (excluding diaryl/α,β-unsaturated/α-hetero) is 1. The number of hydrogen-bond donors (Lipinski definition) is 1. The number of ketones is 1. The lowest BCUT2D eigenvalue weighted by molar-refractivity contribution is -0.117. The first-order valence-electron chi connectivity index (χ1n) is 13.7. The fraction of sp³-hybridized carbons (Fsp3) is 0.412. The van der Waals surface area contributed by atoms with Gasteiger partial charge in [0, 0.05) is 37.7 Å². The highest BCUT2D eigenvalue weighted by atomic mass is 127. The lowest BCUT2D eigenvalue weighted by atomic mass is 10.0. The van der Waals surface area contributed by atoms with Gasteiger partial charge >= 0.3 is 0 Å². The van der Waals surface area contributed by atoms with Gasteiger partial charge in [0.05, 0.1) is 8.52 Å². The molecule has 0 radical (unpaired) electrons. The van der Waals surface area contributed by atoms with Gasteiger partial charge in [-0.15, -0.1) is 0 Å². The topological polar surface area (TPSA) is 60.2 Å². The van der Waals surface area contributed by atoms with Crippen molar-refractivity contribution in [2.24, 2.45) is 5.73 Å². The second kappa shape index (κ2) is 25.5.